The van der Waals surface area contributed by atoms with Crippen LogP contribution in [-0.2, 0) is 0 Å². The Morgan fingerprint density at radius 3 is 2.69 bits per heavy atom. The number of hydrogen-bond donors (Lipinski definition) is 1. The smallest absolute Gasteiger partial charge is 0.125 e. The van der Waals surface area contributed by atoms with Crippen molar-refractivity contribution in [3.05, 3.63) is 29.8 Å². The second-order valence-electron chi connectivity index (χ2n) is 3.66. The first-order valence-corrected chi connectivity index (χ1v) is 4.64. The molecule has 1 aliphatic heterocycles. The van der Waals surface area contributed by atoms with Crippen molar-refractivity contribution in [2.45, 2.75) is 26.1 Å². The van der Waals surface area contributed by atoms with Crippen molar-refractivity contribution in [1.29, 1.82) is 0 Å². The molecule has 1 aromatic rings. The quantitative estimate of drug-likeness (QED) is 0.659. The average molecular weight is 178 g/mol. The second-order valence-corrected chi connectivity index (χ2v) is 3.66. The number of fused-ring (bicyclic) bond motifs is 1. The van der Waals surface area contributed by atoms with Gasteiger partial charge < -0.3 is 9.84 Å². The zero-order valence-corrected chi connectivity index (χ0v) is 7.90. The van der Waals surface area contributed by atoms with Gasteiger partial charge in [-0.15, -0.1) is 0 Å². The summed E-state index contributed by atoms with van der Waals surface area (Å²) in [5, 5.41) is 9.92. The van der Waals surface area contributed by atoms with Gasteiger partial charge in [-0.05, 0) is 13.0 Å². The van der Waals surface area contributed by atoms with Gasteiger partial charge in [0.1, 0.15) is 11.9 Å². The van der Waals surface area contributed by atoms with Gasteiger partial charge in [-0.2, -0.15) is 0 Å². The third kappa shape index (κ3) is 1.31. The van der Waals surface area contributed by atoms with E-state index in [0.29, 0.717) is 0 Å². The van der Waals surface area contributed by atoms with Gasteiger partial charge in [-0.25, -0.2) is 0 Å². The van der Waals surface area contributed by atoms with Gasteiger partial charge >= 0.3 is 0 Å². The molecule has 0 bridgehead atoms. The minimum atomic E-state index is -0.389. The molecule has 0 aliphatic carbocycles. The molecule has 2 nitrogen and oxygen atoms in total. The molecule has 0 spiro atoms. The number of aliphatic hydroxyl groups excluding tert-OH is 1. The Hall–Kier alpha value is -1.02. The fourth-order valence-corrected chi connectivity index (χ4v) is 1.68. The first-order valence-electron chi connectivity index (χ1n) is 4.64. The van der Waals surface area contributed by atoms with Crippen LogP contribution in [-0.4, -0.2) is 11.2 Å². The van der Waals surface area contributed by atoms with Crippen LogP contribution in [0.25, 0.3) is 0 Å². The Balaban J connectivity index is 2.43. The van der Waals surface area contributed by atoms with Crippen molar-refractivity contribution >= 4 is 0 Å². The molecule has 3 atom stereocenters. The normalized spacial score (nSPS) is 32.1. The molecule has 2 rings (SSSR count). The lowest BCUT2D eigenvalue weighted by atomic mass is 9.90. The van der Waals surface area contributed by atoms with Crippen LogP contribution in [0.5, 0.6) is 5.75 Å². The SMILES string of the molecule is C[C@H]1[C@@H](C)Oc2ccccc2[C@@H]1O. The van der Waals surface area contributed by atoms with E-state index in [0.717, 1.165) is 11.3 Å². The van der Waals surface area contributed by atoms with E-state index < -0.39 is 0 Å². The number of benzene rings is 1. The van der Waals surface area contributed by atoms with Crippen LogP contribution >= 0.6 is 0 Å². The van der Waals surface area contributed by atoms with E-state index in [9.17, 15) is 5.11 Å². The van der Waals surface area contributed by atoms with Gasteiger partial charge in [0, 0.05) is 11.5 Å². The van der Waals surface area contributed by atoms with Crippen LogP contribution in [0, 0.1) is 5.92 Å². The molecule has 1 heterocycles. The molecule has 0 aromatic heterocycles. The summed E-state index contributed by atoms with van der Waals surface area (Å²) in [4.78, 5) is 0. The van der Waals surface area contributed by atoms with Crippen LogP contribution < -0.4 is 4.74 Å². The van der Waals surface area contributed by atoms with Gasteiger partial charge in [0.25, 0.3) is 0 Å². The zero-order valence-electron chi connectivity index (χ0n) is 7.90. The molecular weight excluding hydrogens is 164 g/mol. The largest absolute Gasteiger partial charge is 0.490 e. The minimum absolute atomic E-state index is 0.0879. The Morgan fingerprint density at radius 1 is 1.23 bits per heavy atom. The number of hydrogen-bond acceptors (Lipinski definition) is 2. The highest BCUT2D eigenvalue weighted by molar-refractivity contribution is 5.37. The third-order valence-corrected chi connectivity index (χ3v) is 2.79. The summed E-state index contributed by atoms with van der Waals surface area (Å²) in [5.41, 5.74) is 0.910. The summed E-state index contributed by atoms with van der Waals surface area (Å²) in [5.74, 6) is 0.982. The maximum absolute atomic E-state index is 9.92. The average Bonchev–Trinajstić information content (AvgIpc) is 2.15. The zero-order chi connectivity index (χ0) is 9.42. The Bertz CT molecular complexity index is 309. The number of ether oxygens (including phenoxy) is 1. The molecule has 0 unspecified atom stereocenters. The van der Waals surface area contributed by atoms with Crippen molar-refractivity contribution < 1.29 is 9.84 Å². The van der Waals surface area contributed by atoms with Gasteiger partial charge in [-0.1, -0.05) is 25.1 Å². The van der Waals surface area contributed by atoms with E-state index in [-0.39, 0.29) is 18.1 Å². The van der Waals surface area contributed by atoms with Crippen molar-refractivity contribution in [3.8, 4) is 5.75 Å². The summed E-state index contributed by atoms with van der Waals surface area (Å²) in [6.45, 7) is 4.00. The fraction of sp³-hybridized carbons (Fsp3) is 0.455. The summed E-state index contributed by atoms with van der Waals surface area (Å²) in [6.07, 6.45) is -0.301. The number of rotatable bonds is 0. The molecular formula is C11H14O2. The van der Waals surface area contributed by atoms with Gasteiger partial charge in [0.05, 0.1) is 6.10 Å². The lowest BCUT2D eigenvalue weighted by Crippen LogP contribution is -2.31. The molecule has 0 radical (unpaired) electrons. The van der Waals surface area contributed by atoms with Crippen LogP contribution in [0.3, 0.4) is 0 Å². The van der Waals surface area contributed by atoms with Crippen molar-refractivity contribution in [1.82, 2.24) is 0 Å². The minimum Gasteiger partial charge on any atom is -0.490 e. The maximum atomic E-state index is 9.92. The molecule has 70 valence electrons. The molecule has 0 fully saturated rings. The van der Waals surface area contributed by atoms with Crippen LogP contribution in [0.4, 0.5) is 0 Å². The monoisotopic (exact) mass is 178 g/mol. The van der Waals surface area contributed by atoms with Gasteiger partial charge in [0.15, 0.2) is 0 Å². The molecule has 1 aliphatic rings. The highest BCUT2D eigenvalue weighted by Gasteiger charge is 2.30. The first-order chi connectivity index (χ1) is 6.20. The predicted octanol–water partition coefficient (Wildman–Crippen LogP) is 2.14. The van der Waals surface area contributed by atoms with Crippen LogP contribution in [0.2, 0.25) is 0 Å². The van der Waals surface area contributed by atoms with Crippen LogP contribution in [0.15, 0.2) is 24.3 Å². The summed E-state index contributed by atoms with van der Waals surface area (Å²) >= 11 is 0. The van der Waals surface area contributed by atoms with Crippen molar-refractivity contribution in [2.75, 3.05) is 0 Å². The molecule has 0 saturated carbocycles. The molecule has 13 heavy (non-hydrogen) atoms. The highest BCUT2D eigenvalue weighted by atomic mass is 16.5. The van der Waals surface area contributed by atoms with E-state index in [1.54, 1.807) is 0 Å². The molecule has 2 heteroatoms. The van der Waals surface area contributed by atoms with E-state index in [1.807, 2.05) is 38.1 Å². The molecule has 1 N–H and O–H groups in total. The van der Waals surface area contributed by atoms with Gasteiger partial charge in [-0.3, -0.25) is 0 Å². The summed E-state index contributed by atoms with van der Waals surface area (Å²) < 4.78 is 5.65. The van der Waals surface area contributed by atoms with E-state index in [1.165, 1.54) is 0 Å². The topological polar surface area (TPSA) is 29.5 Å². The first kappa shape index (κ1) is 8.57. The molecule has 0 saturated heterocycles. The standard InChI is InChI=1S/C11H14O2/c1-7-8(2)13-10-6-4-3-5-9(10)11(7)12/h3-8,11-12H,1-2H3/t7-,8+,11+/m0/s1. The molecule has 1 aromatic carbocycles. The Labute approximate surface area is 78.2 Å². The van der Waals surface area contributed by atoms with E-state index in [4.69, 9.17) is 4.74 Å². The van der Waals surface area contributed by atoms with Crippen molar-refractivity contribution in [2.24, 2.45) is 5.92 Å². The van der Waals surface area contributed by atoms with Crippen LogP contribution in [0.1, 0.15) is 25.5 Å². The van der Waals surface area contributed by atoms with Gasteiger partial charge in [0.2, 0.25) is 0 Å². The third-order valence-electron chi connectivity index (χ3n) is 2.79. The number of para-hydroxylation sites is 1. The Morgan fingerprint density at radius 2 is 1.92 bits per heavy atom. The molecule has 0 amide bonds. The predicted molar refractivity (Wildman–Crippen MR) is 50.7 cm³/mol. The second kappa shape index (κ2) is 3.04. The number of aliphatic hydroxyl groups is 1. The summed E-state index contributed by atoms with van der Waals surface area (Å²) in [7, 11) is 0. The maximum Gasteiger partial charge on any atom is 0.125 e. The fourth-order valence-electron chi connectivity index (χ4n) is 1.68. The summed E-state index contributed by atoms with van der Waals surface area (Å²) in [6, 6.07) is 7.67. The van der Waals surface area contributed by atoms with E-state index in [2.05, 4.69) is 0 Å². The van der Waals surface area contributed by atoms with E-state index >= 15 is 0 Å². The van der Waals surface area contributed by atoms with Crippen molar-refractivity contribution in [3.63, 3.8) is 0 Å². The lowest BCUT2D eigenvalue weighted by molar-refractivity contribution is 0.0175. The Kier molecular flexibility index (Phi) is 2.00. The highest BCUT2D eigenvalue weighted by Crippen LogP contribution is 2.37. The lowest BCUT2D eigenvalue weighted by Gasteiger charge is -2.33.